The van der Waals surface area contributed by atoms with E-state index in [1.54, 1.807) is 18.2 Å². The fraction of sp³-hybridized carbons (Fsp3) is 0.273. The summed E-state index contributed by atoms with van der Waals surface area (Å²) in [5, 5.41) is 0. The fourth-order valence-electron chi connectivity index (χ4n) is 1.65. The second-order valence-corrected chi connectivity index (χ2v) is 3.48. The highest BCUT2D eigenvalue weighted by molar-refractivity contribution is 6.05. The number of Topliss-reactive ketones (excluding diaryl/α,β-unsaturated/α-hetero) is 1. The molecule has 1 heterocycles. The van der Waals surface area contributed by atoms with Crippen molar-refractivity contribution < 1.29 is 4.79 Å². The van der Waals surface area contributed by atoms with E-state index < -0.39 is 0 Å². The Hall–Kier alpha value is -1.84. The Morgan fingerprint density at radius 2 is 2.13 bits per heavy atom. The molecule has 15 heavy (non-hydrogen) atoms. The summed E-state index contributed by atoms with van der Waals surface area (Å²) in [7, 11) is 0. The van der Waals surface area contributed by atoms with Crippen LogP contribution in [0.5, 0.6) is 0 Å². The molecule has 0 saturated heterocycles. The van der Waals surface area contributed by atoms with Gasteiger partial charge >= 0.3 is 5.69 Å². The van der Waals surface area contributed by atoms with Crippen molar-refractivity contribution in [3.8, 4) is 0 Å². The van der Waals surface area contributed by atoms with Gasteiger partial charge in [0.25, 0.3) is 0 Å². The van der Waals surface area contributed by atoms with Crippen molar-refractivity contribution in [2.75, 3.05) is 0 Å². The number of aromatic nitrogens is 2. The molecule has 0 unspecified atom stereocenters. The van der Waals surface area contributed by atoms with Gasteiger partial charge in [0.1, 0.15) is 0 Å². The molecule has 0 amide bonds. The lowest BCUT2D eigenvalue weighted by molar-refractivity contribution is 0.0983. The van der Waals surface area contributed by atoms with E-state index in [1.165, 1.54) is 0 Å². The first-order chi connectivity index (χ1) is 7.22. The third-order valence-electron chi connectivity index (χ3n) is 2.33. The molecule has 0 aliphatic carbocycles. The molecule has 0 fully saturated rings. The van der Waals surface area contributed by atoms with Crippen LogP contribution in [0.3, 0.4) is 0 Å². The molecule has 2 aromatic rings. The van der Waals surface area contributed by atoms with Crippen molar-refractivity contribution in [3.63, 3.8) is 0 Å². The van der Waals surface area contributed by atoms with Gasteiger partial charge in [0.2, 0.25) is 0 Å². The van der Waals surface area contributed by atoms with Gasteiger partial charge in [0.15, 0.2) is 5.78 Å². The Labute approximate surface area is 86.3 Å². The van der Waals surface area contributed by atoms with E-state index in [9.17, 15) is 9.59 Å². The molecule has 78 valence electrons. The van der Waals surface area contributed by atoms with E-state index in [4.69, 9.17) is 0 Å². The molecule has 0 radical (unpaired) electrons. The van der Waals surface area contributed by atoms with Gasteiger partial charge < -0.3 is 9.97 Å². The first-order valence-electron chi connectivity index (χ1n) is 4.96. The Morgan fingerprint density at radius 1 is 1.33 bits per heavy atom. The van der Waals surface area contributed by atoms with Gasteiger partial charge in [0, 0.05) is 12.0 Å². The molecule has 0 saturated carbocycles. The number of hydrogen-bond donors (Lipinski definition) is 2. The number of benzene rings is 1. The second kappa shape index (κ2) is 3.73. The third-order valence-corrected chi connectivity index (χ3v) is 2.33. The second-order valence-electron chi connectivity index (χ2n) is 3.48. The number of H-pyrrole nitrogens is 2. The summed E-state index contributed by atoms with van der Waals surface area (Å²) in [6.07, 6.45) is 1.32. The minimum atomic E-state index is -0.276. The number of imidazole rings is 1. The van der Waals surface area contributed by atoms with Crippen LogP contribution in [0.15, 0.2) is 23.0 Å². The lowest BCUT2D eigenvalue weighted by atomic mass is 10.1. The van der Waals surface area contributed by atoms with Gasteiger partial charge in [-0.15, -0.1) is 0 Å². The monoisotopic (exact) mass is 204 g/mol. The van der Waals surface area contributed by atoms with Gasteiger partial charge in [-0.2, -0.15) is 0 Å². The summed E-state index contributed by atoms with van der Waals surface area (Å²) < 4.78 is 0. The lowest BCUT2D eigenvalue weighted by Gasteiger charge is -1.99. The molecule has 0 atom stereocenters. The van der Waals surface area contributed by atoms with Crippen LogP contribution >= 0.6 is 0 Å². The number of nitrogens with one attached hydrogen (secondary N) is 2. The summed E-state index contributed by atoms with van der Waals surface area (Å²) in [6.45, 7) is 1.96. The fourth-order valence-corrected chi connectivity index (χ4v) is 1.65. The highest BCUT2D eigenvalue weighted by Gasteiger charge is 2.10. The maximum Gasteiger partial charge on any atom is 0.323 e. The van der Waals surface area contributed by atoms with Crippen LogP contribution in [-0.2, 0) is 0 Å². The van der Waals surface area contributed by atoms with E-state index in [0.29, 0.717) is 23.0 Å². The number of aromatic amines is 2. The summed E-state index contributed by atoms with van der Waals surface area (Å²) in [6, 6.07) is 5.29. The average molecular weight is 204 g/mol. The Bertz CT molecular complexity index is 551. The number of hydrogen-bond acceptors (Lipinski definition) is 2. The van der Waals surface area contributed by atoms with Crippen LogP contribution < -0.4 is 5.69 Å². The van der Waals surface area contributed by atoms with Gasteiger partial charge in [-0.25, -0.2) is 4.79 Å². The van der Waals surface area contributed by atoms with Crippen molar-refractivity contribution in [1.82, 2.24) is 9.97 Å². The van der Waals surface area contributed by atoms with Crippen molar-refractivity contribution in [2.45, 2.75) is 19.8 Å². The molecular formula is C11H12N2O2. The highest BCUT2D eigenvalue weighted by Crippen LogP contribution is 2.15. The molecule has 4 nitrogen and oxygen atoms in total. The number of para-hydroxylation sites is 1. The Balaban J connectivity index is 2.60. The van der Waals surface area contributed by atoms with E-state index in [1.807, 2.05) is 6.92 Å². The summed E-state index contributed by atoms with van der Waals surface area (Å²) >= 11 is 0. The summed E-state index contributed by atoms with van der Waals surface area (Å²) in [5.41, 5.74) is 1.61. The Kier molecular flexibility index (Phi) is 2.41. The number of fused-ring (bicyclic) bond motifs is 1. The van der Waals surface area contributed by atoms with E-state index in [0.717, 1.165) is 6.42 Å². The Morgan fingerprint density at radius 3 is 2.87 bits per heavy atom. The minimum absolute atomic E-state index is 0.0679. The number of ketones is 1. The zero-order valence-corrected chi connectivity index (χ0v) is 8.46. The predicted molar refractivity (Wildman–Crippen MR) is 58.2 cm³/mol. The van der Waals surface area contributed by atoms with Crippen LogP contribution in [0.25, 0.3) is 11.0 Å². The minimum Gasteiger partial charge on any atom is -0.306 e. The number of carbonyl (C=O) groups excluding carboxylic acids is 1. The van der Waals surface area contributed by atoms with Crippen molar-refractivity contribution in [2.24, 2.45) is 0 Å². The molecule has 1 aromatic heterocycles. The van der Waals surface area contributed by atoms with Crippen molar-refractivity contribution >= 4 is 16.8 Å². The molecule has 4 heteroatoms. The maximum atomic E-state index is 11.7. The van der Waals surface area contributed by atoms with E-state index in [2.05, 4.69) is 9.97 Å². The number of rotatable bonds is 3. The molecule has 0 aliphatic rings. The zero-order valence-electron chi connectivity index (χ0n) is 8.46. The van der Waals surface area contributed by atoms with Gasteiger partial charge in [-0.3, -0.25) is 4.79 Å². The largest absolute Gasteiger partial charge is 0.323 e. The lowest BCUT2D eigenvalue weighted by Crippen LogP contribution is -2.01. The molecular weight excluding hydrogens is 192 g/mol. The molecule has 2 rings (SSSR count). The molecule has 2 N–H and O–H groups in total. The van der Waals surface area contributed by atoms with Crippen molar-refractivity contribution in [3.05, 3.63) is 34.2 Å². The maximum absolute atomic E-state index is 11.7. The topological polar surface area (TPSA) is 65.7 Å². The smallest absolute Gasteiger partial charge is 0.306 e. The highest BCUT2D eigenvalue weighted by atomic mass is 16.1. The zero-order chi connectivity index (χ0) is 10.8. The normalized spacial score (nSPS) is 10.7. The van der Waals surface area contributed by atoms with Crippen LogP contribution in [0.2, 0.25) is 0 Å². The molecule has 0 spiro atoms. The SMILES string of the molecule is CCCC(=O)c1cccc2[nH]c(=O)[nH]c12. The van der Waals surface area contributed by atoms with Crippen LogP contribution in [0.4, 0.5) is 0 Å². The van der Waals surface area contributed by atoms with Gasteiger partial charge in [-0.05, 0) is 18.6 Å². The third kappa shape index (κ3) is 1.70. The summed E-state index contributed by atoms with van der Waals surface area (Å²) in [4.78, 5) is 28.1. The standard InChI is InChI=1S/C11H12N2O2/c1-2-4-9(14)7-5-3-6-8-10(7)13-11(15)12-8/h3,5-6H,2,4H2,1H3,(H2,12,13,15). The average Bonchev–Trinajstić information content (AvgIpc) is 2.57. The van der Waals surface area contributed by atoms with Crippen LogP contribution in [-0.4, -0.2) is 15.8 Å². The van der Waals surface area contributed by atoms with Crippen molar-refractivity contribution in [1.29, 1.82) is 0 Å². The van der Waals surface area contributed by atoms with Crippen LogP contribution in [0.1, 0.15) is 30.1 Å². The molecule has 1 aromatic carbocycles. The van der Waals surface area contributed by atoms with E-state index >= 15 is 0 Å². The first-order valence-corrected chi connectivity index (χ1v) is 4.96. The predicted octanol–water partition coefficient (Wildman–Crippen LogP) is 1.84. The summed E-state index contributed by atoms with van der Waals surface area (Å²) in [5.74, 6) is 0.0679. The molecule has 0 aliphatic heterocycles. The quantitative estimate of drug-likeness (QED) is 0.749. The van der Waals surface area contributed by atoms with Crippen LogP contribution in [0, 0.1) is 0 Å². The van der Waals surface area contributed by atoms with Gasteiger partial charge in [0.05, 0.1) is 11.0 Å². The van der Waals surface area contributed by atoms with Gasteiger partial charge in [-0.1, -0.05) is 13.0 Å². The number of carbonyl (C=O) groups is 1. The van der Waals surface area contributed by atoms with E-state index in [-0.39, 0.29) is 11.5 Å². The molecule has 0 bridgehead atoms. The first kappa shape index (κ1) is 9.71.